The molecule has 1 amide bonds. The highest BCUT2D eigenvalue weighted by Gasteiger charge is 2.33. The maximum absolute atomic E-state index is 13.8. The Balaban J connectivity index is 1.52. The highest BCUT2D eigenvalue weighted by Crippen LogP contribution is 2.35. The van der Waals surface area contributed by atoms with E-state index < -0.39 is 33.9 Å². The number of fused-ring (bicyclic) bond motifs is 1. The Bertz CT molecular complexity index is 1520. The number of hydrogen-bond acceptors (Lipinski definition) is 10. The van der Waals surface area contributed by atoms with Gasteiger partial charge in [0, 0.05) is 24.5 Å². The average Bonchev–Trinajstić information content (AvgIpc) is 3.58. The van der Waals surface area contributed by atoms with Crippen LogP contribution in [0, 0.1) is 12.8 Å². The number of ether oxygens (including phenoxy) is 4. The fourth-order valence-electron chi connectivity index (χ4n) is 4.55. The molecule has 1 aromatic heterocycles. The number of aromatic nitrogens is 1. The number of aliphatic hydroxyl groups excluding tert-OH is 1. The Labute approximate surface area is 263 Å². The molecule has 2 N–H and O–H groups in total. The first kappa shape index (κ1) is 33.5. The zero-order valence-electron chi connectivity index (χ0n) is 25.9. The van der Waals surface area contributed by atoms with Crippen molar-refractivity contribution < 1.29 is 37.3 Å². The molecule has 0 radical (unpaired) electrons. The molecule has 0 aliphatic carbocycles. The van der Waals surface area contributed by atoms with Gasteiger partial charge in [-0.15, -0.1) is 11.3 Å². The highest BCUT2D eigenvalue weighted by molar-refractivity contribution is 7.89. The van der Waals surface area contributed by atoms with Crippen LogP contribution in [-0.4, -0.2) is 66.5 Å². The molecule has 0 saturated carbocycles. The van der Waals surface area contributed by atoms with Crippen molar-refractivity contribution in [2.24, 2.45) is 5.92 Å². The minimum Gasteiger partial charge on any atom is -0.487 e. The standard InChI is InChI=1S/C31H41N3O8S2/c1-20(2)15-34(44(37,38)25-11-12-28-29(14-25)41-19-40-28)16-27(35)26(33-30(36)42-31(4,5)6)13-22-7-9-24(10-8-22)39-17-23-18-43-21(3)32-23/h7-12,14,18,20,26-27,35H,13,15-17,19H2,1-6H3,(H,33,36)/t26-,27+/m0/s1. The number of benzene rings is 2. The average molecular weight is 648 g/mol. The van der Waals surface area contributed by atoms with E-state index in [0.717, 1.165) is 16.3 Å². The number of hydrogen-bond donors (Lipinski definition) is 2. The molecule has 11 nitrogen and oxygen atoms in total. The fourth-order valence-corrected chi connectivity index (χ4v) is 6.78. The van der Waals surface area contributed by atoms with Crippen LogP contribution in [-0.2, 0) is 27.8 Å². The van der Waals surface area contributed by atoms with Crippen LogP contribution in [0.2, 0.25) is 0 Å². The second kappa shape index (κ2) is 14.1. The quantitative estimate of drug-likeness (QED) is 0.265. The van der Waals surface area contributed by atoms with Gasteiger partial charge >= 0.3 is 6.09 Å². The van der Waals surface area contributed by atoms with Crippen molar-refractivity contribution in [3.8, 4) is 17.2 Å². The van der Waals surface area contributed by atoms with Crippen LogP contribution in [0.25, 0.3) is 0 Å². The molecule has 0 fully saturated rings. The molecule has 3 aromatic rings. The van der Waals surface area contributed by atoms with E-state index in [-0.39, 0.29) is 37.1 Å². The summed E-state index contributed by atoms with van der Waals surface area (Å²) in [6.45, 7) is 11.2. The lowest BCUT2D eigenvalue weighted by Gasteiger charge is -2.31. The van der Waals surface area contributed by atoms with E-state index in [2.05, 4.69) is 10.3 Å². The van der Waals surface area contributed by atoms with E-state index in [9.17, 15) is 18.3 Å². The molecule has 0 unspecified atom stereocenters. The lowest BCUT2D eigenvalue weighted by molar-refractivity contribution is 0.0400. The molecule has 4 rings (SSSR count). The lowest BCUT2D eigenvalue weighted by atomic mass is 10.0. The zero-order chi connectivity index (χ0) is 32.1. The van der Waals surface area contributed by atoms with Gasteiger partial charge in [0.2, 0.25) is 16.8 Å². The molecular formula is C31H41N3O8S2. The van der Waals surface area contributed by atoms with Gasteiger partial charge < -0.3 is 29.4 Å². The number of nitrogens with zero attached hydrogens (tertiary/aromatic N) is 2. The summed E-state index contributed by atoms with van der Waals surface area (Å²) in [5, 5.41) is 17.2. The smallest absolute Gasteiger partial charge is 0.407 e. The summed E-state index contributed by atoms with van der Waals surface area (Å²) >= 11 is 1.56. The SMILES string of the molecule is Cc1nc(COc2ccc(C[C@H](NC(=O)OC(C)(C)C)[C@H](O)CN(CC(C)C)S(=O)(=O)c3ccc4c(c3)OCO4)cc2)cs1. The number of amides is 1. The molecule has 0 bridgehead atoms. The van der Waals surface area contributed by atoms with Crippen molar-refractivity contribution in [1.29, 1.82) is 0 Å². The van der Waals surface area contributed by atoms with E-state index in [1.807, 2.05) is 38.3 Å². The van der Waals surface area contributed by atoms with Gasteiger partial charge in [0.05, 0.1) is 27.7 Å². The molecule has 2 aromatic carbocycles. The van der Waals surface area contributed by atoms with Gasteiger partial charge in [0.1, 0.15) is 18.0 Å². The summed E-state index contributed by atoms with van der Waals surface area (Å²) in [5.41, 5.74) is 0.889. The summed E-state index contributed by atoms with van der Waals surface area (Å²) < 4.78 is 50.8. The van der Waals surface area contributed by atoms with Crippen molar-refractivity contribution in [2.75, 3.05) is 19.9 Å². The first-order chi connectivity index (χ1) is 20.7. The predicted octanol–water partition coefficient (Wildman–Crippen LogP) is 4.90. The summed E-state index contributed by atoms with van der Waals surface area (Å²) in [6, 6.07) is 10.9. The van der Waals surface area contributed by atoms with Crippen LogP contribution in [0.5, 0.6) is 17.2 Å². The van der Waals surface area contributed by atoms with Gasteiger partial charge in [-0.2, -0.15) is 4.31 Å². The predicted molar refractivity (Wildman–Crippen MR) is 167 cm³/mol. The molecule has 13 heteroatoms. The summed E-state index contributed by atoms with van der Waals surface area (Å²) in [6.07, 6.45) is -1.77. The second-order valence-electron chi connectivity index (χ2n) is 12.0. The van der Waals surface area contributed by atoms with Crippen LogP contribution in [0.15, 0.2) is 52.7 Å². The minimum atomic E-state index is -4.04. The third kappa shape index (κ3) is 9.31. The molecule has 2 atom stereocenters. The van der Waals surface area contributed by atoms with Crippen molar-refractivity contribution in [3.63, 3.8) is 0 Å². The molecular weight excluding hydrogens is 606 g/mol. The summed E-state index contributed by atoms with van der Waals surface area (Å²) in [7, 11) is -4.04. The fraction of sp³-hybridized carbons (Fsp3) is 0.484. The van der Waals surface area contributed by atoms with Crippen LogP contribution >= 0.6 is 11.3 Å². The Morgan fingerprint density at radius 1 is 1.11 bits per heavy atom. The minimum absolute atomic E-state index is 0.0177. The van der Waals surface area contributed by atoms with Crippen molar-refractivity contribution in [1.82, 2.24) is 14.6 Å². The number of aliphatic hydroxyl groups is 1. The van der Waals surface area contributed by atoms with Crippen molar-refractivity contribution >= 4 is 27.5 Å². The van der Waals surface area contributed by atoms with Gasteiger partial charge in [0.25, 0.3) is 0 Å². The Hall–Kier alpha value is -3.39. The number of aryl methyl sites for hydroxylation is 1. The number of thiazole rings is 1. The van der Waals surface area contributed by atoms with E-state index in [0.29, 0.717) is 23.9 Å². The maximum atomic E-state index is 13.8. The van der Waals surface area contributed by atoms with Gasteiger partial charge in [-0.3, -0.25) is 0 Å². The van der Waals surface area contributed by atoms with Gasteiger partial charge in [0.15, 0.2) is 11.5 Å². The summed E-state index contributed by atoms with van der Waals surface area (Å²) in [4.78, 5) is 17.2. The molecule has 2 heterocycles. The van der Waals surface area contributed by atoms with Gasteiger partial charge in [-0.1, -0.05) is 26.0 Å². The first-order valence-corrected chi connectivity index (χ1v) is 16.7. The van der Waals surface area contributed by atoms with Crippen LogP contribution < -0.4 is 19.5 Å². The number of alkyl carbamates (subject to hydrolysis) is 1. The third-order valence-electron chi connectivity index (χ3n) is 6.54. The van der Waals surface area contributed by atoms with E-state index in [1.54, 1.807) is 50.3 Å². The van der Waals surface area contributed by atoms with Crippen LogP contribution in [0.4, 0.5) is 4.79 Å². The Morgan fingerprint density at radius 2 is 1.82 bits per heavy atom. The largest absolute Gasteiger partial charge is 0.487 e. The van der Waals surface area contributed by atoms with E-state index in [1.165, 1.54) is 16.4 Å². The lowest BCUT2D eigenvalue weighted by Crippen LogP contribution is -2.51. The number of sulfonamides is 1. The number of rotatable bonds is 13. The Morgan fingerprint density at radius 3 is 2.45 bits per heavy atom. The van der Waals surface area contributed by atoms with Crippen LogP contribution in [0.1, 0.15) is 50.9 Å². The molecule has 0 spiro atoms. The van der Waals surface area contributed by atoms with Gasteiger partial charge in [-0.05, 0) is 69.9 Å². The number of nitrogens with one attached hydrogen (secondary N) is 1. The molecule has 44 heavy (non-hydrogen) atoms. The second-order valence-corrected chi connectivity index (χ2v) is 15.0. The monoisotopic (exact) mass is 647 g/mol. The number of carbonyl (C=O) groups excluding carboxylic acids is 1. The van der Waals surface area contributed by atoms with Crippen molar-refractivity contribution in [3.05, 3.63) is 64.1 Å². The highest BCUT2D eigenvalue weighted by atomic mass is 32.2. The first-order valence-electron chi connectivity index (χ1n) is 14.4. The van der Waals surface area contributed by atoms with Crippen LogP contribution in [0.3, 0.4) is 0 Å². The van der Waals surface area contributed by atoms with E-state index >= 15 is 0 Å². The molecule has 240 valence electrons. The van der Waals surface area contributed by atoms with Crippen molar-refractivity contribution in [2.45, 2.75) is 77.2 Å². The molecule has 1 aliphatic rings. The molecule has 0 saturated heterocycles. The number of carbonyl (C=O) groups is 1. The van der Waals surface area contributed by atoms with E-state index in [4.69, 9.17) is 18.9 Å². The maximum Gasteiger partial charge on any atom is 0.407 e. The zero-order valence-corrected chi connectivity index (χ0v) is 27.5. The normalized spacial score (nSPS) is 14.5. The third-order valence-corrected chi connectivity index (χ3v) is 9.19. The topological polar surface area (TPSA) is 137 Å². The molecule has 1 aliphatic heterocycles. The summed E-state index contributed by atoms with van der Waals surface area (Å²) in [5.74, 6) is 1.42. The van der Waals surface area contributed by atoms with Gasteiger partial charge in [-0.25, -0.2) is 18.2 Å². The Kier molecular flexibility index (Phi) is 10.8.